The van der Waals surface area contributed by atoms with Crippen LogP contribution in [0, 0.1) is 5.92 Å². The Balaban J connectivity index is 1.48. The van der Waals surface area contributed by atoms with Crippen LogP contribution in [0.15, 0.2) is 48.5 Å². The first kappa shape index (κ1) is 15.5. The molecule has 4 rings (SSSR count). The highest BCUT2D eigenvalue weighted by Crippen LogP contribution is 2.36. The van der Waals surface area contributed by atoms with E-state index in [4.69, 9.17) is 9.47 Å². The number of fused-ring (bicyclic) bond motifs is 1. The van der Waals surface area contributed by atoms with Gasteiger partial charge in [0.15, 0.2) is 11.5 Å². The lowest BCUT2D eigenvalue weighted by Gasteiger charge is -2.22. The largest absolute Gasteiger partial charge is 0.486 e. The van der Waals surface area contributed by atoms with Crippen LogP contribution in [0.25, 0.3) is 0 Å². The van der Waals surface area contributed by atoms with E-state index >= 15 is 0 Å². The van der Waals surface area contributed by atoms with Crippen molar-refractivity contribution in [1.82, 2.24) is 0 Å². The Hall–Kier alpha value is -3.02. The van der Waals surface area contributed by atoms with Gasteiger partial charge in [-0.05, 0) is 24.3 Å². The van der Waals surface area contributed by atoms with E-state index in [1.165, 1.54) is 0 Å². The second kappa shape index (κ2) is 6.47. The summed E-state index contributed by atoms with van der Waals surface area (Å²) in [5, 5.41) is 2.86. The summed E-state index contributed by atoms with van der Waals surface area (Å²) in [6.07, 6.45) is 0.201. The normalized spacial score (nSPS) is 19.0. The van der Waals surface area contributed by atoms with E-state index < -0.39 is 0 Å². The van der Waals surface area contributed by atoms with Gasteiger partial charge in [0, 0.05) is 30.4 Å². The summed E-state index contributed by atoms with van der Waals surface area (Å²) in [7, 11) is 0. The first-order chi connectivity index (χ1) is 12.2. The van der Waals surface area contributed by atoms with Crippen LogP contribution < -0.4 is 19.7 Å². The van der Waals surface area contributed by atoms with E-state index in [1.807, 2.05) is 36.4 Å². The number of benzene rings is 2. The molecule has 1 atom stereocenters. The van der Waals surface area contributed by atoms with Crippen LogP contribution in [0.1, 0.15) is 6.42 Å². The molecule has 25 heavy (non-hydrogen) atoms. The Morgan fingerprint density at radius 1 is 1.04 bits per heavy atom. The SMILES string of the molecule is O=C(Nc1ccccc1)C1CC(=O)N(c2ccc3c(c2)OCCO3)C1. The number of anilines is 2. The molecule has 2 aliphatic rings. The van der Waals surface area contributed by atoms with Gasteiger partial charge >= 0.3 is 0 Å². The molecule has 0 aromatic heterocycles. The van der Waals surface area contributed by atoms with E-state index in [0.29, 0.717) is 31.3 Å². The smallest absolute Gasteiger partial charge is 0.229 e. The number of ether oxygens (including phenoxy) is 2. The topological polar surface area (TPSA) is 67.9 Å². The molecule has 6 heteroatoms. The van der Waals surface area contributed by atoms with Crippen molar-refractivity contribution in [3.8, 4) is 11.5 Å². The molecule has 0 spiro atoms. The fraction of sp³-hybridized carbons (Fsp3) is 0.263. The molecule has 0 aliphatic carbocycles. The number of carbonyl (C=O) groups is 2. The Labute approximate surface area is 145 Å². The molecule has 2 aliphatic heterocycles. The molecule has 1 unspecified atom stereocenters. The first-order valence-corrected chi connectivity index (χ1v) is 8.26. The lowest BCUT2D eigenvalue weighted by molar-refractivity contribution is -0.122. The highest BCUT2D eigenvalue weighted by molar-refractivity contribution is 6.03. The van der Waals surface area contributed by atoms with Crippen molar-refractivity contribution in [2.24, 2.45) is 5.92 Å². The molecule has 6 nitrogen and oxygen atoms in total. The van der Waals surface area contributed by atoms with Crippen molar-refractivity contribution >= 4 is 23.2 Å². The number of nitrogens with zero attached hydrogens (tertiary/aromatic N) is 1. The lowest BCUT2D eigenvalue weighted by Crippen LogP contribution is -2.28. The maximum atomic E-state index is 12.4. The van der Waals surface area contributed by atoms with Crippen molar-refractivity contribution in [3.63, 3.8) is 0 Å². The summed E-state index contributed by atoms with van der Waals surface area (Å²) in [5.41, 5.74) is 1.46. The number of hydrogen-bond acceptors (Lipinski definition) is 4. The van der Waals surface area contributed by atoms with E-state index in [-0.39, 0.29) is 24.2 Å². The lowest BCUT2D eigenvalue weighted by atomic mass is 10.1. The van der Waals surface area contributed by atoms with Crippen LogP contribution in [0.4, 0.5) is 11.4 Å². The zero-order chi connectivity index (χ0) is 17.2. The molecular weight excluding hydrogens is 320 g/mol. The maximum absolute atomic E-state index is 12.4. The fourth-order valence-corrected chi connectivity index (χ4v) is 3.10. The van der Waals surface area contributed by atoms with Gasteiger partial charge in [-0.25, -0.2) is 0 Å². The van der Waals surface area contributed by atoms with Crippen LogP contribution in [0.3, 0.4) is 0 Å². The van der Waals surface area contributed by atoms with E-state index in [9.17, 15) is 9.59 Å². The molecule has 2 aromatic carbocycles. The molecule has 0 bridgehead atoms. The van der Waals surface area contributed by atoms with Gasteiger partial charge < -0.3 is 19.7 Å². The molecule has 0 radical (unpaired) electrons. The monoisotopic (exact) mass is 338 g/mol. The highest BCUT2D eigenvalue weighted by atomic mass is 16.6. The number of hydrogen-bond donors (Lipinski definition) is 1. The van der Waals surface area contributed by atoms with Gasteiger partial charge in [0.05, 0.1) is 5.92 Å². The Morgan fingerprint density at radius 2 is 1.80 bits per heavy atom. The number of amides is 2. The molecule has 0 saturated carbocycles. The van der Waals surface area contributed by atoms with Gasteiger partial charge in [-0.1, -0.05) is 18.2 Å². The van der Waals surface area contributed by atoms with E-state index in [0.717, 1.165) is 11.4 Å². The molecule has 2 heterocycles. The second-order valence-corrected chi connectivity index (χ2v) is 6.09. The minimum atomic E-state index is -0.374. The van der Waals surface area contributed by atoms with Gasteiger partial charge in [-0.15, -0.1) is 0 Å². The Bertz CT molecular complexity index is 806. The molecular formula is C19H18N2O4. The van der Waals surface area contributed by atoms with Crippen molar-refractivity contribution < 1.29 is 19.1 Å². The summed E-state index contributed by atoms with van der Waals surface area (Å²) in [4.78, 5) is 26.5. The minimum Gasteiger partial charge on any atom is -0.486 e. The van der Waals surface area contributed by atoms with Crippen LogP contribution in [0.2, 0.25) is 0 Å². The van der Waals surface area contributed by atoms with Gasteiger partial charge in [-0.2, -0.15) is 0 Å². The fourth-order valence-electron chi connectivity index (χ4n) is 3.10. The highest BCUT2D eigenvalue weighted by Gasteiger charge is 2.35. The van der Waals surface area contributed by atoms with Crippen molar-refractivity contribution in [3.05, 3.63) is 48.5 Å². The van der Waals surface area contributed by atoms with Crippen LogP contribution in [0.5, 0.6) is 11.5 Å². The molecule has 1 saturated heterocycles. The summed E-state index contributed by atoms with van der Waals surface area (Å²) in [5.74, 6) is 0.735. The first-order valence-electron chi connectivity index (χ1n) is 8.26. The predicted molar refractivity (Wildman–Crippen MR) is 93.0 cm³/mol. The van der Waals surface area contributed by atoms with Gasteiger partial charge in [0.1, 0.15) is 13.2 Å². The zero-order valence-corrected chi connectivity index (χ0v) is 13.6. The summed E-state index contributed by atoms with van der Waals surface area (Å²) in [6, 6.07) is 14.7. The van der Waals surface area contributed by atoms with E-state index in [2.05, 4.69) is 5.32 Å². The van der Waals surface area contributed by atoms with Crippen molar-refractivity contribution in [2.75, 3.05) is 30.0 Å². The third-order valence-corrected chi connectivity index (χ3v) is 4.37. The maximum Gasteiger partial charge on any atom is 0.229 e. The van der Waals surface area contributed by atoms with Crippen molar-refractivity contribution in [2.45, 2.75) is 6.42 Å². The zero-order valence-electron chi connectivity index (χ0n) is 13.6. The van der Waals surface area contributed by atoms with Crippen molar-refractivity contribution in [1.29, 1.82) is 0 Å². The van der Waals surface area contributed by atoms with Gasteiger partial charge in [0.25, 0.3) is 0 Å². The molecule has 2 aromatic rings. The average Bonchev–Trinajstić information content (AvgIpc) is 3.04. The second-order valence-electron chi connectivity index (χ2n) is 6.09. The van der Waals surface area contributed by atoms with E-state index in [1.54, 1.807) is 17.0 Å². The van der Waals surface area contributed by atoms with Gasteiger partial charge in [0.2, 0.25) is 11.8 Å². The quantitative estimate of drug-likeness (QED) is 0.933. The standard InChI is InChI=1S/C19H18N2O4/c22-18-10-13(19(23)20-14-4-2-1-3-5-14)12-21(18)15-6-7-16-17(11-15)25-9-8-24-16/h1-7,11,13H,8-10,12H2,(H,20,23). The summed E-state index contributed by atoms with van der Waals surface area (Å²) in [6.45, 7) is 1.38. The summed E-state index contributed by atoms with van der Waals surface area (Å²) < 4.78 is 11.1. The number of rotatable bonds is 3. The minimum absolute atomic E-state index is 0.0649. The third-order valence-electron chi connectivity index (χ3n) is 4.37. The Morgan fingerprint density at radius 3 is 2.60 bits per heavy atom. The summed E-state index contributed by atoms with van der Waals surface area (Å²) >= 11 is 0. The van der Waals surface area contributed by atoms with Gasteiger partial charge in [-0.3, -0.25) is 9.59 Å². The molecule has 128 valence electrons. The van der Waals surface area contributed by atoms with Crippen LogP contribution >= 0.6 is 0 Å². The average molecular weight is 338 g/mol. The number of para-hydroxylation sites is 1. The Kier molecular flexibility index (Phi) is 4.01. The predicted octanol–water partition coefficient (Wildman–Crippen LogP) is 2.45. The van der Waals surface area contributed by atoms with Crippen LogP contribution in [-0.2, 0) is 9.59 Å². The van der Waals surface area contributed by atoms with Crippen LogP contribution in [-0.4, -0.2) is 31.6 Å². The molecule has 2 amide bonds. The number of carbonyl (C=O) groups excluding carboxylic acids is 2. The third kappa shape index (κ3) is 3.15. The number of nitrogens with one attached hydrogen (secondary N) is 1. The molecule has 1 fully saturated rings. The molecule has 1 N–H and O–H groups in total.